The van der Waals surface area contributed by atoms with Gasteiger partial charge >= 0.3 is 5.97 Å². The number of imidazole rings is 1. The van der Waals surface area contributed by atoms with E-state index in [4.69, 9.17) is 16.7 Å². The molecule has 1 fully saturated rings. The molecule has 2 atom stereocenters. The highest BCUT2D eigenvalue weighted by Gasteiger charge is 2.44. The van der Waals surface area contributed by atoms with E-state index < -0.39 is 5.97 Å². The number of carboxylic acids is 1. The number of halogens is 1. The van der Waals surface area contributed by atoms with Gasteiger partial charge in [0, 0.05) is 24.0 Å². The van der Waals surface area contributed by atoms with E-state index in [1.165, 1.54) is 0 Å². The molecule has 2 aromatic rings. The fourth-order valence-electron chi connectivity index (χ4n) is 2.34. The van der Waals surface area contributed by atoms with E-state index in [0.29, 0.717) is 18.0 Å². The largest absolute Gasteiger partial charge is 0.481 e. The van der Waals surface area contributed by atoms with Gasteiger partial charge in [-0.05, 0) is 29.5 Å². The van der Waals surface area contributed by atoms with Crippen LogP contribution in [-0.2, 0) is 11.3 Å². The molecule has 1 aromatic heterocycles. The van der Waals surface area contributed by atoms with Crippen LogP contribution in [0.2, 0.25) is 5.02 Å². The number of carboxylic acid groups (broad SMARTS) is 1. The van der Waals surface area contributed by atoms with E-state index in [1.807, 2.05) is 29.0 Å². The highest BCUT2D eigenvalue weighted by Crippen LogP contribution is 2.48. The van der Waals surface area contributed by atoms with Gasteiger partial charge in [0.25, 0.3) is 0 Å². The number of benzene rings is 1. The van der Waals surface area contributed by atoms with Crippen LogP contribution in [0.1, 0.15) is 23.5 Å². The lowest BCUT2D eigenvalue weighted by Gasteiger charge is -2.07. The molecule has 0 spiro atoms. The molecule has 1 aliphatic rings. The molecule has 1 heterocycles. The van der Waals surface area contributed by atoms with Gasteiger partial charge in [0.15, 0.2) is 0 Å². The molecule has 1 N–H and O–H groups in total. The maximum atomic E-state index is 10.9. The Balaban J connectivity index is 1.77. The van der Waals surface area contributed by atoms with Crippen molar-refractivity contribution in [1.82, 2.24) is 9.55 Å². The lowest BCUT2D eigenvalue weighted by Crippen LogP contribution is -2.00. The van der Waals surface area contributed by atoms with Gasteiger partial charge in [0.2, 0.25) is 0 Å². The van der Waals surface area contributed by atoms with E-state index >= 15 is 0 Å². The molecular formula is C14H13ClN2O2. The molecule has 1 aliphatic carbocycles. The van der Waals surface area contributed by atoms with E-state index in [0.717, 1.165) is 11.1 Å². The zero-order chi connectivity index (χ0) is 13.4. The van der Waals surface area contributed by atoms with Crippen molar-refractivity contribution >= 4 is 17.6 Å². The van der Waals surface area contributed by atoms with Crippen molar-refractivity contribution in [1.29, 1.82) is 0 Å². The second-order valence-corrected chi connectivity index (χ2v) is 5.28. The van der Waals surface area contributed by atoms with Crippen molar-refractivity contribution in [2.75, 3.05) is 0 Å². The molecule has 1 saturated carbocycles. The quantitative estimate of drug-likeness (QED) is 0.934. The number of carbonyl (C=O) groups is 1. The van der Waals surface area contributed by atoms with Crippen LogP contribution in [0.25, 0.3) is 0 Å². The second-order valence-electron chi connectivity index (χ2n) is 4.87. The van der Waals surface area contributed by atoms with Gasteiger partial charge in [0.1, 0.15) is 0 Å². The molecule has 98 valence electrons. The number of rotatable bonds is 4. The summed E-state index contributed by atoms with van der Waals surface area (Å²) in [6.07, 6.45) is 6.06. The fourth-order valence-corrected chi connectivity index (χ4v) is 2.58. The maximum Gasteiger partial charge on any atom is 0.307 e. The smallest absolute Gasteiger partial charge is 0.307 e. The molecule has 0 amide bonds. The van der Waals surface area contributed by atoms with Crippen LogP contribution in [0.5, 0.6) is 0 Å². The Labute approximate surface area is 115 Å². The molecule has 4 nitrogen and oxygen atoms in total. The van der Waals surface area contributed by atoms with Crippen molar-refractivity contribution in [3.8, 4) is 0 Å². The van der Waals surface area contributed by atoms with Gasteiger partial charge in [-0.25, -0.2) is 4.98 Å². The molecule has 3 rings (SSSR count). The first-order valence-corrected chi connectivity index (χ1v) is 6.50. The van der Waals surface area contributed by atoms with Gasteiger partial charge < -0.3 is 9.67 Å². The number of aliphatic carboxylic acids is 1. The predicted molar refractivity (Wildman–Crippen MR) is 71.3 cm³/mol. The minimum absolute atomic E-state index is 0.122. The van der Waals surface area contributed by atoms with Crippen LogP contribution in [-0.4, -0.2) is 20.6 Å². The fraction of sp³-hybridized carbons (Fsp3) is 0.286. The third-order valence-electron chi connectivity index (χ3n) is 3.53. The average Bonchev–Trinajstić information content (AvgIpc) is 3.03. The first kappa shape index (κ1) is 12.2. The standard InChI is InChI=1S/C14H13ClN2O2/c15-13-5-9(11-6-12(11)14(18)19)1-2-10(13)7-17-4-3-16-8-17/h1-5,8,11-12H,6-7H2,(H,18,19)/t11-,12+/m0/s1. The van der Waals surface area contributed by atoms with E-state index in [1.54, 1.807) is 12.5 Å². The molecule has 19 heavy (non-hydrogen) atoms. The highest BCUT2D eigenvalue weighted by molar-refractivity contribution is 6.31. The van der Waals surface area contributed by atoms with Crippen molar-refractivity contribution in [3.05, 3.63) is 53.1 Å². The molecule has 1 aromatic carbocycles. The number of nitrogens with zero attached hydrogens (tertiary/aromatic N) is 2. The van der Waals surface area contributed by atoms with E-state index in [2.05, 4.69) is 4.98 Å². The Morgan fingerprint density at radius 1 is 1.53 bits per heavy atom. The molecule has 0 aliphatic heterocycles. The van der Waals surface area contributed by atoms with Gasteiger partial charge in [-0.1, -0.05) is 23.7 Å². The molecule has 0 radical (unpaired) electrons. The van der Waals surface area contributed by atoms with Crippen LogP contribution in [0, 0.1) is 5.92 Å². The molecule has 0 unspecified atom stereocenters. The Bertz CT molecular complexity index is 610. The summed E-state index contributed by atoms with van der Waals surface area (Å²) in [5.74, 6) is -0.837. The topological polar surface area (TPSA) is 55.1 Å². The molecule has 0 bridgehead atoms. The normalized spacial score (nSPS) is 21.3. The van der Waals surface area contributed by atoms with Gasteiger partial charge in [-0.2, -0.15) is 0 Å². The number of hydrogen-bond acceptors (Lipinski definition) is 2. The summed E-state index contributed by atoms with van der Waals surface area (Å²) < 4.78 is 1.94. The lowest BCUT2D eigenvalue weighted by molar-refractivity contribution is -0.138. The van der Waals surface area contributed by atoms with Crippen molar-refractivity contribution in [2.45, 2.75) is 18.9 Å². The average molecular weight is 277 g/mol. The summed E-state index contributed by atoms with van der Waals surface area (Å²) in [7, 11) is 0. The summed E-state index contributed by atoms with van der Waals surface area (Å²) in [4.78, 5) is 14.9. The van der Waals surface area contributed by atoms with E-state index in [9.17, 15) is 4.79 Å². The Morgan fingerprint density at radius 2 is 2.37 bits per heavy atom. The summed E-state index contributed by atoms with van der Waals surface area (Å²) >= 11 is 6.26. The van der Waals surface area contributed by atoms with Crippen molar-refractivity contribution < 1.29 is 9.90 Å². The number of hydrogen-bond donors (Lipinski definition) is 1. The summed E-state index contributed by atoms with van der Waals surface area (Å²) in [5, 5.41) is 9.62. The first-order chi connectivity index (χ1) is 9.15. The van der Waals surface area contributed by atoms with Crippen LogP contribution >= 0.6 is 11.6 Å². The monoisotopic (exact) mass is 276 g/mol. The zero-order valence-corrected chi connectivity index (χ0v) is 10.9. The molecular weight excluding hydrogens is 264 g/mol. The zero-order valence-electron chi connectivity index (χ0n) is 10.2. The minimum Gasteiger partial charge on any atom is -0.481 e. The Morgan fingerprint density at radius 3 is 2.95 bits per heavy atom. The Hall–Kier alpha value is -1.81. The SMILES string of the molecule is O=C(O)[C@@H]1C[C@H]1c1ccc(Cn2ccnc2)c(Cl)c1. The van der Waals surface area contributed by atoms with Crippen LogP contribution in [0.15, 0.2) is 36.9 Å². The minimum atomic E-state index is -0.719. The summed E-state index contributed by atoms with van der Waals surface area (Å²) in [6.45, 7) is 0.673. The highest BCUT2D eigenvalue weighted by atomic mass is 35.5. The van der Waals surface area contributed by atoms with Gasteiger partial charge in [-0.3, -0.25) is 4.79 Å². The van der Waals surface area contributed by atoms with Crippen LogP contribution in [0.4, 0.5) is 0 Å². The second kappa shape index (κ2) is 4.70. The van der Waals surface area contributed by atoms with E-state index in [-0.39, 0.29) is 11.8 Å². The Kier molecular flexibility index (Phi) is 3.03. The van der Waals surface area contributed by atoms with Gasteiger partial charge in [-0.15, -0.1) is 0 Å². The van der Waals surface area contributed by atoms with Crippen molar-refractivity contribution in [3.63, 3.8) is 0 Å². The predicted octanol–water partition coefficient (Wildman–Crippen LogP) is 2.77. The van der Waals surface area contributed by atoms with Crippen molar-refractivity contribution in [2.24, 2.45) is 5.92 Å². The summed E-state index contributed by atoms with van der Waals surface area (Å²) in [5.41, 5.74) is 2.03. The first-order valence-electron chi connectivity index (χ1n) is 6.12. The van der Waals surface area contributed by atoms with Crippen LogP contribution < -0.4 is 0 Å². The number of aromatic nitrogens is 2. The molecule has 0 saturated heterocycles. The van der Waals surface area contributed by atoms with Crippen LogP contribution in [0.3, 0.4) is 0 Å². The maximum absolute atomic E-state index is 10.9. The third kappa shape index (κ3) is 2.49. The summed E-state index contributed by atoms with van der Waals surface area (Å²) in [6, 6.07) is 5.84. The van der Waals surface area contributed by atoms with Gasteiger partial charge in [0.05, 0.1) is 12.2 Å². The lowest BCUT2D eigenvalue weighted by atomic mass is 10.1. The third-order valence-corrected chi connectivity index (χ3v) is 3.88. The molecule has 5 heteroatoms.